The van der Waals surface area contributed by atoms with E-state index in [0.717, 1.165) is 16.8 Å². The van der Waals surface area contributed by atoms with Gasteiger partial charge in [0.1, 0.15) is 0 Å². The number of hydrogen-bond donors (Lipinski definition) is 0. The molecule has 3 nitrogen and oxygen atoms in total. The Morgan fingerprint density at radius 1 is 1.29 bits per heavy atom. The van der Waals surface area contributed by atoms with Crippen LogP contribution in [-0.2, 0) is 0 Å². The molecule has 0 saturated carbocycles. The Balaban J connectivity index is 3.26. The monoisotopic (exact) mass is 233 g/mol. The summed E-state index contributed by atoms with van der Waals surface area (Å²) in [7, 11) is 9.54. The van der Waals surface area contributed by atoms with Gasteiger partial charge >= 0.3 is 5.91 Å². The fourth-order valence-electron chi connectivity index (χ4n) is 1.62. The predicted molar refractivity (Wildman–Crippen MR) is 73.2 cm³/mol. The van der Waals surface area contributed by atoms with Gasteiger partial charge in [-0.15, -0.1) is 0 Å². The zero-order valence-corrected chi connectivity index (χ0v) is 11.3. The molecule has 0 atom stereocenters. The van der Waals surface area contributed by atoms with Crippen molar-refractivity contribution in [3.8, 4) is 0 Å². The summed E-state index contributed by atoms with van der Waals surface area (Å²) in [5, 5.41) is 0. The highest BCUT2D eigenvalue weighted by molar-refractivity contribution is 5.91. The lowest BCUT2D eigenvalue weighted by atomic mass is 10.1. The van der Waals surface area contributed by atoms with Gasteiger partial charge in [-0.2, -0.15) is 0 Å². The molecule has 0 aliphatic rings. The molecule has 1 aromatic carbocycles. The fourth-order valence-corrected chi connectivity index (χ4v) is 1.62. The summed E-state index contributed by atoms with van der Waals surface area (Å²) in [5.41, 5.74) is 2.78. The smallest absolute Gasteiger partial charge is 0.345 e. The standard InChI is InChI=1S/C14H21N2O/c1-7-11-8-9-12(10-13(11)15(2)3)14(17)16(4,5)6/h7-10H,1H2,2-6H3/q+1. The van der Waals surface area contributed by atoms with E-state index in [1.54, 1.807) is 6.08 Å². The van der Waals surface area contributed by atoms with Crippen LogP contribution in [0.25, 0.3) is 6.08 Å². The first-order valence-corrected chi connectivity index (χ1v) is 5.57. The molecule has 0 saturated heterocycles. The van der Waals surface area contributed by atoms with E-state index in [0.29, 0.717) is 4.48 Å². The molecule has 3 heteroatoms. The van der Waals surface area contributed by atoms with E-state index < -0.39 is 0 Å². The van der Waals surface area contributed by atoms with E-state index in [2.05, 4.69) is 6.58 Å². The largest absolute Gasteiger partial charge is 0.377 e. The highest BCUT2D eigenvalue weighted by Crippen LogP contribution is 2.22. The van der Waals surface area contributed by atoms with E-state index in [1.165, 1.54) is 0 Å². The summed E-state index contributed by atoms with van der Waals surface area (Å²) in [5.74, 6) is 0.101. The van der Waals surface area contributed by atoms with Crippen molar-refractivity contribution in [1.29, 1.82) is 0 Å². The zero-order valence-electron chi connectivity index (χ0n) is 11.3. The number of carbonyl (C=O) groups excluding carboxylic acids is 1. The number of anilines is 1. The average Bonchev–Trinajstić information content (AvgIpc) is 2.25. The molecule has 0 aromatic heterocycles. The third kappa shape index (κ3) is 2.94. The minimum absolute atomic E-state index is 0.101. The van der Waals surface area contributed by atoms with Crippen LogP contribution in [0.3, 0.4) is 0 Å². The predicted octanol–water partition coefficient (Wildman–Crippen LogP) is 2.24. The van der Waals surface area contributed by atoms with Gasteiger partial charge in [0.15, 0.2) is 0 Å². The molecule has 0 N–H and O–H groups in total. The second kappa shape index (κ2) is 4.72. The molecule has 0 bridgehead atoms. The summed E-state index contributed by atoms with van der Waals surface area (Å²) in [6.07, 6.45) is 1.80. The molecule has 92 valence electrons. The van der Waals surface area contributed by atoms with Crippen LogP contribution in [0, 0.1) is 0 Å². The van der Waals surface area contributed by atoms with Crippen LogP contribution in [0.15, 0.2) is 24.8 Å². The molecule has 17 heavy (non-hydrogen) atoms. The van der Waals surface area contributed by atoms with Crippen molar-refractivity contribution in [2.75, 3.05) is 40.1 Å². The molecule has 1 aromatic rings. The molecule has 0 fully saturated rings. The van der Waals surface area contributed by atoms with Gasteiger partial charge < -0.3 is 4.90 Å². The Morgan fingerprint density at radius 2 is 1.88 bits per heavy atom. The molecule has 0 spiro atoms. The first-order chi connectivity index (χ1) is 7.77. The van der Waals surface area contributed by atoms with E-state index in [4.69, 9.17) is 0 Å². The number of amides is 1. The van der Waals surface area contributed by atoms with Gasteiger partial charge in [-0.1, -0.05) is 18.7 Å². The topological polar surface area (TPSA) is 20.3 Å². The summed E-state index contributed by atoms with van der Waals surface area (Å²) >= 11 is 0. The van der Waals surface area contributed by atoms with Gasteiger partial charge in [0, 0.05) is 19.8 Å². The van der Waals surface area contributed by atoms with Gasteiger partial charge in [0.05, 0.1) is 26.7 Å². The number of benzene rings is 1. The van der Waals surface area contributed by atoms with Gasteiger partial charge in [-0.05, 0) is 17.7 Å². The van der Waals surface area contributed by atoms with Crippen LogP contribution in [0.2, 0.25) is 0 Å². The number of hydrogen-bond acceptors (Lipinski definition) is 2. The molecule has 0 aliphatic carbocycles. The van der Waals surface area contributed by atoms with Crippen LogP contribution in [0.5, 0.6) is 0 Å². The lowest BCUT2D eigenvalue weighted by Gasteiger charge is -2.22. The molecular weight excluding hydrogens is 212 g/mol. The third-order valence-corrected chi connectivity index (χ3v) is 2.59. The number of carbonyl (C=O) groups is 1. The minimum atomic E-state index is 0.101. The lowest BCUT2D eigenvalue weighted by molar-refractivity contribution is -0.785. The SMILES string of the molecule is C=Cc1ccc(C(=O)[N+](C)(C)C)cc1N(C)C. The molecular formula is C14H21N2O+. The molecule has 1 rings (SSSR count). The highest BCUT2D eigenvalue weighted by Gasteiger charge is 2.23. The van der Waals surface area contributed by atoms with Crippen molar-refractivity contribution in [1.82, 2.24) is 0 Å². The maximum atomic E-state index is 12.2. The Morgan fingerprint density at radius 3 is 2.29 bits per heavy atom. The highest BCUT2D eigenvalue weighted by atomic mass is 16.2. The van der Waals surface area contributed by atoms with Crippen molar-refractivity contribution in [3.05, 3.63) is 35.9 Å². The van der Waals surface area contributed by atoms with Crippen LogP contribution in [-0.4, -0.2) is 45.6 Å². The Bertz CT molecular complexity index is 442. The van der Waals surface area contributed by atoms with Crippen LogP contribution >= 0.6 is 0 Å². The molecule has 0 unspecified atom stereocenters. The second-order valence-electron chi connectivity index (χ2n) is 5.19. The van der Waals surface area contributed by atoms with Gasteiger partial charge in [0.25, 0.3) is 0 Å². The van der Waals surface area contributed by atoms with Gasteiger partial charge in [-0.25, -0.2) is 4.79 Å². The molecule has 1 amide bonds. The van der Waals surface area contributed by atoms with E-state index in [1.807, 2.05) is 58.3 Å². The molecule has 0 radical (unpaired) electrons. The normalized spacial score (nSPS) is 11.1. The third-order valence-electron chi connectivity index (χ3n) is 2.59. The summed E-state index contributed by atoms with van der Waals surface area (Å²) < 4.78 is 0.292. The number of quaternary nitrogens is 1. The summed E-state index contributed by atoms with van der Waals surface area (Å²) in [6.45, 7) is 3.78. The zero-order chi connectivity index (χ0) is 13.2. The lowest BCUT2D eigenvalue weighted by Crippen LogP contribution is -2.41. The van der Waals surface area contributed by atoms with Crippen LogP contribution in [0.1, 0.15) is 15.9 Å². The Labute approximate surface area is 104 Å². The van der Waals surface area contributed by atoms with Crippen LogP contribution < -0.4 is 4.90 Å². The number of rotatable bonds is 3. The summed E-state index contributed by atoms with van der Waals surface area (Å²) in [6, 6.07) is 5.71. The second-order valence-corrected chi connectivity index (χ2v) is 5.19. The van der Waals surface area contributed by atoms with Crippen molar-refractivity contribution < 1.29 is 9.28 Å². The number of nitrogens with zero attached hydrogens (tertiary/aromatic N) is 2. The molecule has 0 heterocycles. The van der Waals surface area contributed by atoms with Gasteiger partial charge in [-0.3, -0.25) is 4.48 Å². The summed E-state index contributed by atoms with van der Waals surface area (Å²) in [4.78, 5) is 14.2. The Hall–Kier alpha value is -1.61. The maximum absolute atomic E-state index is 12.2. The maximum Gasteiger partial charge on any atom is 0.345 e. The van der Waals surface area contributed by atoms with Crippen molar-refractivity contribution in [3.63, 3.8) is 0 Å². The first kappa shape index (κ1) is 13.5. The van der Waals surface area contributed by atoms with E-state index in [-0.39, 0.29) is 5.91 Å². The van der Waals surface area contributed by atoms with E-state index in [9.17, 15) is 4.79 Å². The quantitative estimate of drug-likeness (QED) is 0.746. The van der Waals surface area contributed by atoms with E-state index >= 15 is 0 Å². The average molecular weight is 233 g/mol. The van der Waals surface area contributed by atoms with Crippen LogP contribution in [0.4, 0.5) is 5.69 Å². The Kier molecular flexibility index (Phi) is 3.73. The fraction of sp³-hybridized carbons (Fsp3) is 0.357. The van der Waals surface area contributed by atoms with Gasteiger partial charge in [0.2, 0.25) is 0 Å². The molecule has 0 aliphatic heterocycles. The first-order valence-electron chi connectivity index (χ1n) is 5.57. The van der Waals surface area contributed by atoms with Crippen molar-refractivity contribution in [2.45, 2.75) is 0 Å². The minimum Gasteiger partial charge on any atom is -0.377 e. The van der Waals surface area contributed by atoms with Crippen molar-refractivity contribution >= 4 is 17.7 Å². The van der Waals surface area contributed by atoms with Crippen molar-refractivity contribution in [2.24, 2.45) is 0 Å².